The summed E-state index contributed by atoms with van der Waals surface area (Å²) in [5, 5.41) is 10.5. The van der Waals surface area contributed by atoms with Gasteiger partial charge in [0.1, 0.15) is 19.8 Å². The van der Waals surface area contributed by atoms with E-state index in [1.54, 1.807) is 45.8 Å². The largest absolute Gasteiger partial charge is 0.461 e. The second-order valence-electron chi connectivity index (χ2n) is 16.2. The summed E-state index contributed by atoms with van der Waals surface area (Å²) in [4.78, 5) is 45.2. The van der Waals surface area contributed by atoms with Crippen LogP contribution in [0.3, 0.4) is 0 Å². The predicted molar refractivity (Wildman–Crippen MR) is 289 cm³/mol. The van der Waals surface area contributed by atoms with Crippen molar-refractivity contribution in [1.29, 1.82) is 0 Å². The molecule has 0 aliphatic rings. The number of hydrogen-bond acceptors (Lipinski definition) is 12. The molecule has 0 bridgehead atoms. The number of thioether (sulfide) groups is 2. The number of ether oxygens (including phenoxy) is 3. The Morgan fingerprint density at radius 2 is 1.12 bits per heavy atom. The number of hydrogen-bond donors (Lipinski definition) is 2. The number of alkyl carbamates (subject to hydrolysis) is 1. The van der Waals surface area contributed by atoms with E-state index < -0.39 is 23.6 Å². The standard InChI is InChI=1S/C55H43N3O6S5/c1-2-49(59)62-30-29-56-52(60)63-31-55(34-66-54-58-44-24-8-12-28-48(44)69-54,33-65-45-25-9-4-16-36(45)40-20-14-22-42-38-18-6-11-27-47(38)68-51(40)42)32-64-53(61)57-43-23-7-3-15-35(43)39-19-13-21-41-37-17-5-10-26-46(37)67-50(39)41/h2-28H,1,29-34H2,(H,56,60)(H,57,61). The maximum absolute atomic E-state index is 14.2. The minimum Gasteiger partial charge on any atom is -0.461 e. The van der Waals surface area contributed by atoms with Gasteiger partial charge in [0.05, 0.1) is 27.9 Å². The van der Waals surface area contributed by atoms with Gasteiger partial charge in [-0.25, -0.2) is 19.4 Å². The van der Waals surface area contributed by atoms with E-state index in [-0.39, 0.29) is 26.4 Å². The molecule has 14 heteroatoms. The highest BCUT2D eigenvalue weighted by Gasteiger charge is 2.36. The van der Waals surface area contributed by atoms with E-state index in [1.807, 2.05) is 72.8 Å². The summed E-state index contributed by atoms with van der Waals surface area (Å²) in [7, 11) is 0. The van der Waals surface area contributed by atoms with Gasteiger partial charge in [-0.2, -0.15) is 0 Å². The fourth-order valence-corrected chi connectivity index (χ4v) is 14.2. The summed E-state index contributed by atoms with van der Waals surface area (Å²) < 4.78 is 24.0. The van der Waals surface area contributed by atoms with Crippen LogP contribution in [0.5, 0.6) is 0 Å². The Labute approximate surface area is 418 Å². The lowest BCUT2D eigenvalue weighted by atomic mass is 9.95. The molecule has 9 nitrogen and oxygen atoms in total. The molecule has 0 saturated carbocycles. The lowest BCUT2D eigenvalue weighted by Crippen LogP contribution is -2.41. The Morgan fingerprint density at radius 3 is 1.81 bits per heavy atom. The van der Waals surface area contributed by atoms with Gasteiger partial charge < -0.3 is 19.5 Å². The fourth-order valence-electron chi connectivity index (χ4n) is 8.17. The average Bonchev–Trinajstić information content (AvgIpc) is 4.11. The van der Waals surface area contributed by atoms with E-state index >= 15 is 0 Å². The minimum atomic E-state index is -0.948. The van der Waals surface area contributed by atoms with Crippen molar-refractivity contribution in [3.63, 3.8) is 0 Å². The topological polar surface area (TPSA) is 116 Å². The summed E-state index contributed by atoms with van der Waals surface area (Å²) in [6.45, 7) is 3.19. The van der Waals surface area contributed by atoms with Crippen molar-refractivity contribution in [3.05, 3.63) is 170 Å². The van der Waals surface area contributed by atoms with Crippen LogP contribution < -0.4 is 10.6 Å². The molecule has 344 valence electrons. The van der Waals surface area contributed by atoms with Crippen LogP contribution in [0.25, 0.3) is 72.8 Å². The number of carbonyl (C=O) groups excluding carboxylic acids is 3. The van der Waals surface area contributed by atoms with Gasteiger partial charge in [0.15, 0.2) is 4.34 Å². The second kappa shape index (κ2) is 20.9. The van der Waals surface area contributed by atoms with Crippen molar-refractivity contribution in [2.75, 3.05) is 43.2 Å². The van der Waals surface area contributed by atoms with Crippen LogP contribution in [0.2, 0.25) is 0 Å². The van der Waals surface area contributed by atoms with Gasteiger partial charge in [0.2, 0.25) is 0 Å². The fraction of sp³-hybridized carbons (Fsp3) is 0.127. The van der Waals surface area contributed by atoms with Gasteiger partial charge >= 0.3 is 18.2 Å². The maximum atomic E-state index is 14.2. The number of benzene rings is 7. The highest BCUT2D eigenvalue weighted by atomic mass is 32.2. The lowest BCUT2D eigenvalue weighted by molar-refractivity contribution is -0.137. The van der Waals surface area contributed by atoms with Crippen molar-refractivity contribution >= 4 is 132 Å². The summed E-state index contributed by atoms with van der Waals surface area (Å²) in [5.41, 5.74) is 4.62. The van der Waals surface area contributed by atoms with Crippen LogP contribution in [0.1, 0.15) is 0 Å². The molecule has 3 aromatic heterocycles. The molecular weight excluding hydrogens is 959 g/mol. The van der Waals surface area contributed by atoms with Gasteiger partial charge in [0, 0.05) is 79.5 Å². The number of aromatic nitrogens is 1. The number of nitrogens with one attached hydrogen (secondary N) is 2. The van der Waals surface area contributed by atoms with Gasteiger partial charge in [-0.15, -0.1) is 45.8 Å². The van der Waals surface area contributed by atoms with E-state index in [0.717, 1.165) is 57.9 Å². The van der Waals surface area contributed by atoms with Crippen molar-refractivity contribution < 1.29 is 28.6 Å². The Balaban J connectivity index is 0.964. The van der Waals surface area contributed by atoms with Crippen LogP contribution in [0.4, 0.5) is 15.3 Å². The van der Waals surface area contributed by atoms with Crippen molar-refractivity contribution in [3.8, 4) is 22.3 Å². The van der Waals surface area contributed by atoms with E-state index in [0.29, 0.717) is 17.2 Å². The number of rotatable bonds is 17. The number of thiazole rings is 1. The van der Waals surface area contributed by atoms with Gasteiger partial charge in [-0.1, -0.05) is 140 Å². The Morgan fingerprint density at radius 1 is 0.565 bits per heavy atom. The van der Waals surface area contributed by atoms with Crippen molar-refractivity contribution in [2.24, 2.45) is 5.41 Å². The molecule has 0 aliphatic heterocycles. The first kappa shape index (κ1) is 46.1. The molecule has 2 N–H and O–H groups in total. The van der Waals surface area contributed by atoms with Gasteiger partial charge in [0.25, 0.3) is 0 Å². The molecule has 0 fully saturated rings. The molecule has 3 heterocycles. The molecule has 1 atom stereocenters. The zero-order chi connectivity index (χ0) is 47.2. The zero-order valence-corrected chi connectivity index (χ0v) is 41.1. The number of anilines is 1. The van der Waals surface area contributed by atoms with E-state index in [1.165, 1.54) is 42.0 Å². The number of amides is 2. The molecule has 69 heavy (non-hydrogen) atoms. The molecule has 2 amide bonds. The second-order valence-corrected chi connectivity index (χ2v) is 21.6. The highest BCUT2D eigenvalue weighted by molar-refractivity contribution is 8.01. The third-order valence-electron chi connectivity index (χ3n) is 11.6. The smallest absolute Gasteiger partial charge is 0.411 e. The lowest BCUT2D eigenvalue weighted by Gasteiger charge is -2.32. The SMILES string of the molecule is C=CC(=O)OCCNC(=O)OCC(COC(=O)Nc1ccccc1-c1cccc2c1sc1ccccc12)(CSc1nc2ccccc2s1)CSc1ccccc1-c1cccc2c1sc1ccccc12. The zero-order valence-electron chi connectivity index (χ0n) is 37.0. The quantitative estimate of drug-likeness (QED) is 0.0302. The van der Waals surface area contributed by atoms with Gasteiger partial charge in [-0.3, -0.25) is 5.32 Å². The molecule has 0 saturated heterocycles. The Kier molecular flexibility index (Phi) is 14.0. The van der Waals surface area contributed by atoms with E-state index in [4.69, 9.17) is 19.2 Å². The Hall–Kier alpha value is -6.68. The number of nitrogens with zero attached hydrogens (tertiary/aromatic N) is 1. The number of thiophene rings is 2. The first-order valence-electron chi connectivity index (χ1n) is 22.1. The van der Waals surface area contributed by atoms with Crippen LogP contribution in [-0.2, 0) is 19.0 Å². The summed E-state index contributed by atoms with van der Waals surface area (Å²) in [5.74, 6) is 0.189. The molecular formula is C55H43N3O6S5. The van der Waals surface area contributed by atoms with Crippen LogP contribution in [-0.4, -0.2) is 61.0 Å². The van der Waals surface area contributed by atoms with Crippen LogP contribution in [0.15, 0.2) is 180 Å². The summed E-state index contributed by atoms with van der Waals surface area (Å²) in [6, 6.07) is 53.6. The third kappa shape index (κ3) is 10.2. The van der Waals surface area contributed by atoms with Crippen LogP contribution >= 0.6 is 57.5 Å². The third-order valence-corrected chi connectivity index (χ3v) is 17.9. The van der Waals surface area contributed by atoms with Crippen molar-refractivity contribution in [2.45, 2.75) is 9.24 Å². The summed E-state index contributed by atoms with van der Waals surface area (Å²) in [6.07, 6.45) is -0.278. The average molecular weight is 1000 g/mol. The van der Waals surface area contributed by atoms with Gasteiger partial charge in [-0.05, 0) is 42.0 Å². The molecule has 0 spiro atoms. The predicted octanol–water partition coefficient (Wildman–Crippen LogP) is 14.9. The molecule has 7 aromatic carbocycles. The summed E-state index contributed by atoms with van der Waals surface area (Å²) >= 11 is 8.25. The first-order chi connectivity index (χ1) is 33.8. The number of para-hydroxylation sites is 2. The van der Waals surface area contributed by atoms with E-state index in [9.17, 15) is 14.4 Å². The van der Waals surface area contributed by atoms with E-state index in [2.05, 4.69) is 102 Å². The normalized spacial score (nSPS) is 12.3. The van der Waals surface area contributed by atoms with Crippen LogP contribution in [0, 0.1) is 5.41 Å². The molecule has 0 aliphatic carbocycles. The number of carbonyl (C=O) groups is 3. The number of esters is 1. The Bertz CT molecular complexity index is 3500. The monoisotopic (exact) mass is 1000 g/mol. The highest BCUT2D eigenvalue weighted by Crippen LogP contribution is 2.45. The number of fused-ring (bicyclic) bond motifs is 7. The minimum absolute atomic E-state index is 0.0325. The molecule has 1 unspecified atom stereocenters. The molecule has 10 rings (SSSR count). The molecule has 10 aromatic rings. The maximum Gasteiger partial charge on any atom is 0.411 e. The molecule has 0 radical (unpaired) electrons. The first-order valence-corrected chi connectivity index (χ1v) is 26.5. The van der Waals surface area contributed by atoms with Crippen molar-refractivity contribution in [1.82, 2.24) is 10.3 Å².